The summed E-state index contributed by atoms with van der Waals surface area (Å²) in [7, 11) is -4.24. The highest BCUT2D eigenvalue weighted by Gasteiger charge is 2.34. The summed E-state index contributed by atoms with van der Waals surface area (Å²) < 4.78 is 34.6. The number of sulfonamides is 1. The lowest BCUT2D eigenvalue weighted by Gasteiger charge is -2.25. The summed E-state index contributed by atoms with van der Waals surface area (Å²) >= 11 is 12.5. The van der Waals surface area contributed by atoms with Crippen LogP contribution >= 0.6 is 23.2 Å². The van der Waals surface area contributed by atoms with Crippen LogP contribution in [0.15, 0.2) is 44.4 Å². The number of aliphatic hydroxyl groups excluding tert-OH is 1. The molecule has 3 unspecified atom stereocenters. The van der Waals surface area contributed by atoms with E-state index in [0.29, 0.717) is 0 Å². The van der Waals surface area contributed by atoms with Crippen molar-refractivity contribution in [1.82, 2.24) is 14.9 Å². The van der Waals surface area contributed by atoms with E-state index >= 15 is 0 Å². The molecule has 0 saturated heterocycles. The zero-order valence-electron chi connectivity index (χ0n) is 17.9. The third kappa shape index (κ3) is 4.61. The van der Waals surface area contributed by atoms with Crippen molar-refractivity contribution in [1.29, 1.82) is 0 Å². The van der Waals surface area contributed by atoms with Gasteiger partial charge >= 0.3 is 5.76 Å². The lowest BCUT2D eigenvalue weighted by molar-refractivity contribution is 0.199. The van der Waals surface area contributed by atoms with Crippen molar-refractivity contribution < 1.29 is 17.9 Å². The molecule has 3 N–H and O–H groups in total. The van der Waals surface area contributed by atoms with Crippen LogP contribution in [0.5, 0.6) is 0 Å². The highest BCUT2D eigenvalue weighted by Crippen LogP contribution is 2.39. The average Bonchev–Trinajstić information content (AvgIpc) is 3.39. The van der Waals surface area contributed by atoms with E-state index in [0.717, 1.165) is 24.8 Å². The average molecular weight is 512 g/mol. The topological polar surface area (TPSA) is 125 Å². The number of nitrogens with one attached hydrogen (secondary N) is 2. The Balaban J connectivity index is 1.78. The molecule has 1 aromatic heterocycles. The van der Waals surface area contributed by atoms with Crippen molar-refractivity contribution in [2.75, 3.05) is 0 Å². The fourth-order valence-corrected chi connectivity index (χ4v) is 6.72. The van der Waals surface area contributed by atoms with E-state index in [1.54, 1.807) is 0 Å². The maximum absolute atomic E-state index is 13.4. The van der Waals surface area contributed by atoms with E-state index in [2.05, 4.69) is 21.0 Å². The van der Waals surface area contributed by atoms with Crippen molar-refractivity contribution in [3.05, 3.63) is 79.1 Å². The molecule has 0 radical (unpaired) electrons. The van der Waals surface area contributed by atoms with Gasteiger partial charge in [-0.15, -0.1) is 5.10 Å². The van der Waals surface area contributed by atoms with Gasteiger partial charge in [0.1, 0.15) is 10.9 Å². The lowest BCUT2D eigenvalue weighted by Crippen LogP contribution is -2.33. The first-order valence-corrected chi connectivity index (χ1v) is 12.7. The quantitative estimate of drug-likeness (QED) is 0.439. The van der Waals surface area contributed by atoms with Crippen LogP contribution in [-0.2, 0) is 22.9 Å². The molecule has 3 atom stereocenters. The molecule has 1 aliphatic rings. The number of aliphatic hydroxyl groups is 1. The maximum Gasteiger partial charge on any atom is 0.434 e. The first-order chi connectivity index (χ1) is 15.6. The predicted octanol–water partition coefficient (Wildman–Crippen LogP) is 4.04. The summed E-state index contributed by atoms with van der Waals surface area (Å²) in [6.45, 7) is 3.29. The molecule has 0 spiro atoms. The summed E-state index contributed by atoms with van der Waals surface area (Å²) in [6.07, 6.45) is 1.80. The zero-order valence-corrected chi connectivity index (χ0v) is 20.3. The summed E-state index contributed by atoms with van der Waals surface area (Å²) in [5.74, 6) is -1.30. The minimum Gasteiger partial charge on any atom is -0.391 e. The number of aromatic nitrogens is 2. The van der Waals surface area contributed by atoms with Crippen molar-refractivity contribution in [3.63, 3.8) is 0 Å². The van der Waals surface area contributed by atoms with Crippen molar-refractivity contribution in [3.8, 4) is 0 Å². The molecular formula is C22H23Cl2N3O5S. The van der Waals surface area contributed by atoms with Gasteiger partial charge < -0.3 is 9.52 Å². The van der Waals surface area contributed by atoms with Gasteiger partial charge in [0.25, 0.3) is 0 Å². The number of hydrogen-bond acceptors (Lipinski definition) is 6. The highest BCUT2D eigenvalue weighted by molar-refractivity contribution is 7.89. The number of hydrogen-bond donors (Lipinski definition) is 3. The number of fused-ring (bicyclic) bond motifs is 1. The molecule has 0 aliphatic heterocycles. The van der Waals surface area contributed by atoms with Crippen LogP contribution in [0.4, 0.5) is 0 Å². The smallest absolute Gasteiger partial charge is 0.391 e. The van der Waals surface area contributed by atoms with Gasteiger partial charge in [-0.2, -0.15) is 4.72 Å². The Morgan fingerprint density at radius 1 is 1.18 bits per heavy atom. The Labute approximate surface area is 201 Å². The van der Waals surface area contributed by atoms with Crippen LogP contribution in [0.2, 0.25) is 10.0 Å². The third-order valence-corrected chi connectivity index (χ3v) is 8.31. The van der Waals surface area contributed by atoms with E-state index in [1.807, 2.05) is 19.1 Å². The molecular weight excluding hydrogens is 489 g/mol. The number of aryl methyl sites for hydroxylation is 1. The number of aromatic amines is 1. The fraction of sp³-hybridized carbons (Fsp3) is 0.364. The van der Waals surface area contributed by atoms with Crippen LogP contribution in [-0.4, -0.2) is 23.7 Å². The molecule has 1 heterocycles. The first-order valence-electron chi connectivity index (χ1n) is 10.4. The van der Waals surface area contributed by atoms with Gasteiger partial charge in [0, 0.05) is 16.5 Å². The number of nitrogens with zero attached hydrogens (tertiary/aromatic N) is 1. The maximum atomic E-state index is 13.4. The molecule has 176 valence electrons. The highest BCUT2D eigenvalue weighted by atomic mass is 35.5. The van der Waals surface area contributed by atoms with Crippen LogP contribution in [0.1, 0.15) is 66.5 Å². The van der Waals surface area contributed by atoms with E-state index in [4.69, 9.17) is 27.6 Å². The molecule has 3 aromatic rings. The SMILES string of the molecule is CC(O)c1c(Cl)ccc(S(=O)(=O)NC(c2n[nH]c(=O)o2)C(C)c2cccc3c2CCC3)c1Cl. The first kappa shape index (κ1) is 24.0. The minimum atomic E-state index is -4.24. The number of rotatable bonds is 7. The van der Waals surface area contributed by atoms with Crippen LogP contribution in [0.3, 0.4) is 0 Å². The van der Waals surface area contributed by atoms with E-state index < -0.39 is 33.8 Å². The monoisotopic (exact) mass is 511 g/mol. The Kier molecular flexibility index (Phi) is 6.70. The second kappa shape index (κ2) is 9.23. The van der Waals surface area contributed by atoms with Crippen molar-refractivity contribution in [2.24, 2.45) is 0 Å². The Hall–Kier alpha value is -2.17. The van der Waals surface area contributed by atoms with Gasteiger partial charge in [0.2, 0.25) is 15.9 Å². The Bertz CT molecular complexity index is 1350. The summed E-state index contributed by atoms with van der Waals surface area (Å²) in [4.78, 5) is 11.4. The molecule has 0 amide bonds. The van der Waals surface area contributed by atoms with Gasteiger partial charge in [0.05, 0.1) is 11.1 Å². The second-order valence-corrected chi connectivity index (χ2v) is 10.6. The Morgan fingerprint density at radius 3 is 2.61 bits per heavy atom. The van der Waals surface area contributed by atoms with Crippen molar-refractivity contribution >= 4 is 33.2 Å². The van der Waals surface area contributed by atoms with Crippen LogP contribution in [0, 0.1) is 0 Å². The van der Waals surface area contributed by atoms with Crippen LogP contribution < -0.4 is 10.5 Å². The zero-order chi connectivity index (χ0) is 23.9. The van der Waals surface area contributed by atoms with Gasteiger partial charge in [-0.25, -0.2) is 18.3 Å². The number of benzene rings is 2. The normalized spacial score (nSPS) is 16.4. The predicted molar refractivity (Wildman–Crippen MR) is 124 cm³/mol. The molecule has 33 heavy (non-hydrogen) atoms. The molecule has 11 heteroatoms. The minimum absolute atomic E-state index is 0.0903. The van der Waals surface area contributed by atoms with Crippen molar-refractivity contribution in [2.45, 2.75) is 56.1 Å². The lowest BCUT2D eigenvalue weighted by atomic mass is 9.88. The number of halogens is 2. The van der Waals surface area contributed by atoms with Gasteiger partial charge in [-0.1, -0.05) is 48.3 Å². The molecule has 1 aliphatic carbocycles. The van der Waals surface area contributed by atoms with E-state index in [1.165, 1.54) is 30.2 Å². The van der Waals surface area contributed by atoms with Gasteiger partial charge in [-0.05, 0) is 55.0 Å². The standard InChI is InChI=1S/C22H23Cl2N3O5S/c1-11(14-7-3-5-13-6-4-8-15(13)14)20(21-25-26-22(29)32-21)27-33(30,31)17-10-9-16(23)18(12(2)28)19(17)24/h3,5,7,9-12,20,27-28H,4,6,8H2,1-2H3,(H,26,29). The van der Waals surface area contributed by atoms with Crippen LogP contribution in [0.25, 0.3) is 0 Å². The van der Waals surface area contributed by atoms with E-state index in [9.17, 15) is 18.3 Å². The van der Waals surface area contributed by atoms with Gasteiger partial charge in [-0.3, -0.25) is 0 Å². The summed E-state index contributed by atoms with van der Waals surface area (Å²) in [6, 6.07) is 7.58. The van der Waals surface area contributed by atoms with E-state index in [-0.39, 0.29) is 26.4 Å². The summed E-state index contributed by atoms with van der Waals surface area (Å²) in [5.41, 5.74) is 3.47. The largest absolute Gasteiger partial charge is 0.434 e. The fourth-order valence-electron chi connectivity index (χ4n) is 4.37. The molecule has 0 fully saturated rings. The molecule has 0 saturated carbocycles. The molecule has 8 nitrogen and oxygen atoms in total. The third-order valence-electron chi connectivity index (χ3n) is 5.97. The molecule has 0 bridgehead atoms. The molecule has 2 aromatic carbocycles. The molecule has 4 rings (SSSR count). The second-order valence-electron chi connectivity index (χ2n) is 8.13. The summed E-state index contributed by atoms with van der Waals surface area (Å²) in [5, 5.41) is 16.1. The Morgan fingerprint density at radius 2 is 1.94 bits per heavy atom. The van der Waals surface area contributed by atoms with Gasteiger partial charge in [0.15, 0.2) is 0 Å². The number of H-pyrrole nitrogens is 1.